The molecule has 0 bridgehead atoms. The number of hydrogen-bond acceptors (Lipinski definition) is 3. The van der Waals surface area contributed by atoms with Gasteiger partial charge in [-0.2, -0.15) is 0 Å². The molecule has 0 radical (unpaired) electrons. The average molecular weight is 256 g/mol. The van der Waals surface area contributed by atoms with E-state index >= 15 is 0 Å². The smallest absolute Gasteiger partial charge is 0.197 e. The lowest BCUT2D eigenvalue weighted by molar-refractivity contribution is 0.492. The molecule has 0 amide bonds. The van der Waals surface area contributed by atoms with Crippen molar-refractivity contribution in [2.45, 2.75) is 12.5 Å². The van der Waals surface area contributed by atoms with Crippen molar-refractivity contribution in [1.82, 2.24) is 4.98 Å². The quantitative estimate of drug-likeness (QED) is 0.782. The van der Waals surface area contributed by atoms with Gasteiger partial charge in [0.25, 0.3) is 0 Å². The zero-order valence-corrected chi connectivity index (χ0v) is 10.2. The number of rotatable bonds is 3. The summed E-state index contributed by atoms with van der Waals surface area (Å²) >= 11 is 0. The summed E-state index contributed by atoms with van der Waals surface area (Å²) in [5.74, 6) is 0.225. The average Bonchev–Trinajstić information content (AvgIpc) is 2.81. The standard InChI is InChI=1S/C15H13FN2O/c16-11-6-2-1-5-10(11)12(17)9-15-18-13-7-3-4-8-14(13)19-15/h1-8,12H,9,17H2. The molecule has 0 spiro atoms. The molecule has 4 heteroatoms. The van der Waals surface area contributed by atoms with Crippen LogP contribution in [0, 0.1) is 5.82 Å². The van der Waals surface area contributed by atoms with E-state index in [9.17, 15) is 4.39 Å². The molecule has 96 valence electrons. The van der Waals surface area contributed by atoms with Crippen LogP contribution in [0.25, 0.3) is 11.1 Å². The lowest BCUT2D eigenvalue weighted by atomic mass is 10.0. The van der Waals surface area contributed by atoms with Gasteiger partial charge in [0.05, 0.1) is 0 Å². The third-order valence-electron chi connectivity index (χ3n) is 3.04. The maximum absolute atomic E-state index is 13.6. The summed E-state index contributed by atoms with van der Waals surface area (Å²) in [5.41, 5.74) is 8.00. The molecule has 3 rings (SSSR count). The van der Waals surface area contributed by atoms with E-state index in [-0.39, 0.29) is 5.82 Å². The Balaban J connectivity index is 1.86. The highest BCUT2D eigenvalue weighted by Gasteiger charge is 2.15. The van der Waals surface area contributed by atoms with E-state index in [0.717, 1.165) is 11.1 Å². The molecule has 1 aromatic heterocycles. The predicted molar refractivity (Wildman–Crippen MR) is 71.0 cm³/mol. The Labute approximate surface area is 109 Å². The van der Waals surface area contributed by atoms with Crippen LogP contribution in [0.15, 0.2) is 52.9 Å². The fourth-order valence-corrected chi connectivity index (χ4v) is 2.08. The van der Waals surface area contributed by atoms with E-state index in [2.05, 4.69) is 4.98 Å². The van der Waals surface area contributed by atoms with Gasteiger partial charge < -0.3 is 10.2 Å². The van der Waals surface area contributed by atoms with Gasteiger partial charge in [-0.15, -0.1) is 0 Å². The van der Waals surface area contributed by atoms with Crippen LogP contribution in [0.4, 0.5) is 4.39 Å². The van der Waals surface area contributed by atoms with Gasteiger partial charge in [0, 0.05) is 18.0 Å². The highest BCUT2D eigenvalue weighted by atomic mass is 19.1. The number of fused-ring (bicyclic) bond motifs is 1. The van der Waals surface area contributed by atoms with Gasteiger partial charge >= 0.3 is 0 Å². The monoisotopic (exact) mass is 256 g/mol. The van der Waals surface area contributed by atoms with Crippen molar-refractivity contribution < 1.29 is 8.81 Å². The van der Waals surface area contributed by atoms with Crippen LogP contribution in [0.1, 0.15) is 17.5 Å². The highest BCUT2D eigenvalue weighted by Crippen LogP contribution is 2.21. The third kappa shape index (κ3) is 2.35. The van der Waals surface area contributed by atoms with Crippen LogP contribution >= 0.6 is 0 Å². The van der Waals surface area contributed by atoms with Gasteiger partial charge in [-0.05, 0) is 18.2 Å². The van der Waals surface area contributed by atoms with Gasteiger partial charge in [-0.25, -0.2) is 9.37 Å². The summed E-state index contributed by atoms with van der Waals surface area (Å²) in [6, 6.07) is 13.5. The number of hydrogen-bond donors (Lipinski definition) is 1. The first-order valence-corrected chi connectivity index (χ1v) is 6.08. The molecule has 3 aromatic rings. The molecular formula is C15H13FN2O. The van der Waals surface area contributed by atoms with E-state index in [0.29, 0.717) is 17.9 Å². The normalized spacial score (nSPS) is 12.7. The van der Waals surface area contributed by atoms with Gasteiger partial charge in [0.15, 0.2) is 11.5 Å². The molecule has 2 N–H and O–H groups in total. The fraction of sp³-hybridized carbons (Fsp3) is 0.133. The van der Waals surface area contributed by atoms with Gasteiger partial charge in [-0.1, -0.05) is 30.3 Å². The zero-order valence-electron chi connectivity index (χ0n) is 10.2. The molecule has 1 heterocycles. The van der Waals surface area contributed by atoms with Crippen LogP contribution in [0.5, 0.6) is 0 Å². The molecule has 0 aliphatic carbocycles. The number of para-hydroxylation sites is 2. The number of nitrogens with zero attached hydrogens (tertiary/aromatic N) is 1. The first-order chi connectivity index (χ1) is 9.24. The van der Waals surface area contributed by atoms with Crippen LogP contribution < -0.4 is 5.73 Å². The Morgan fingerprint density at radius 1 is 1.11 bits per heavy atom. The second kappa shape index (κ2) is 4.82. The van der Waals surface area contributed by atoms with Crippen molar-refractivity contribution in [2.24, 2.45) is 5.73 Å². The SMILES string of the molecule is NC(Cc1nc2ccccc2o1)c1ccccc1F. The highest BCUT2D eigenvalue weighted by molar-refractivity contribution is 5.72. The van der Waals surface area contributed by atoms with Crippen molar-refractivity contribution in [3.63, 3.8) is 0 Å². The largest absolute Gasteiger partial charge is 0.441 e. The summed E-state index contributed by atoms with van der Waals surface area (Å²) in [4.78, 5) is 4.34. The van der Waals surface area contributed by atoms with Crippen molar-refractivity contribution >= 4 is 11.1 Å². The molecule has 1 atom stereocenters. The predicted octanol–water partition coefficient (Wildman–Crippen LogP) is 3.21. The molecule has 2 aromatic carbocycles. The molecule has 0 saturated heterocycles. The number of aromatic nitrogens is 1. The zero-order chi connectivity index (χ0) is 13.2. The number of nitrogens with two attached hydrogens (primary N) is 1. The minimum Gasteiger partial charge on any atom is -0.441 e. The summed E-state index contributed by atoms with van der Waals surface area (Å²) in [6.07, 6.45) is 0.371. The minimum absolute atomic E-state index is 0.300. The Bertz CT molecular complexity index is 675. The van der Waals surface area contributed by atoms with Gasteiger partial charge in [0.1, 0.15) is 11.3 Å². The molecule has 0 fully saturated rings. The topological polar surface area (TPSA) is 52.0 Å². The number of oxazole rings is 1. The van der Waals surface area contributed by atoms with E-state index in [4.69, 9.17) is 10.2 Å². The molecule has 0 saturated carbocycles. The van der Waals surface area contributed by atoms with Gasteiger partial charge in [-0.3, -0.25) is 0 Å². The van der Waals surface area contributed by atoms with Crippen molar-refractivity contribution in [3.8, 4) is 0 Å². The minimum atomic E-state index is -0.464. The van der Waals surface area contributed by atoms with Crippen LogP contribution in [-0.4, -0.2) is 4.98 Å². The molecule has 3 nitrogen and oxygen atoms in total. The first kappa shape index (κ1) is 11.9. The maximum Gasteiger partial charge on any atom is 0.197 e. The molecule has 0 aliphatic rings. The van der Waals surface area contributed by atoms with Gasteiger partial charge in [0.2, 0.25) is 0 Å². The first-order valence-electron chi connectivity index (χ1n) is 6.08. The summed E-state index contributed by atoms with van der Waals surface area (Å²) in [5, 5.41) is 0. The second-order valence-corrected chi connectivity index (χ2v) is 4.41. The number of halogens is 1. The Morgan fingerprint density at radius 2 is 1.84 bits per heavy atom. The summed E-state index contributed by atoms with van der Waals surface area (Å²) in [7, 11) is 0. The third-order valence-corrected chi connectivity index (χ3v) is 3.04. The second-order valence-electron chi connectivity index (χ2n) is 4.41. The molecular weight excluding hydrogens is 243 g/mol. The van der Waals surface area contributed by atoms with Crippen LogP contribution in [0.3, 0.4) is 0 Å². The summed E-state index contributed by atoms with van der Waals surface area (Å²) in [6.45, 7) is 0. The van der Waals surface area contributed by atoms with Crippen molar-refractivity contribution in [2.75, 3.05) is 0 Å². The maximum atomic E-state index is 13.6. The fourth-order valence-electron chi connectivity index (χ4n) is 2.08. The van der Waals surface area contributed by atoms with E-state index in [1.54, 1.807) is 18.2 Å². The lowest BCUT2D eigenvalue weighted by Crippen LogP contribution is -2.15. The lowest BCUT2D eigenvalue weighted by Gasteiger charge is -2.10. The molecule has 19 heavy (non-hydrogen) atoms. The Hall–Kier alpha value is -2.20. The van der Waals surface area contributed by atoms with E-state index in [1.165, 1.54) is 6.07 Å². The summed E-state index contributed by atoms with van der Waals surface area (Å²) < 4.78 is 19.2. The number of benzene rings is 2. The Morgan fingerprint density at radius 3 is 2.63 bits per heavy atom. The van der Waals surface area contributed by atoms with Crippen molar-refractivity contribution in [3.05, 3.63) is 65.8 Å². The van der Waals surface area contributed by atoms with Crippen LogP contribution in [-0.2, 0) is 6.42 Å². The van der Waals surface area contributed by atoms with Crippen LogP contribution in [0.2, 0.25) is 0 Å². The van der Waals surface area contributed by atoms with Crippen molar-refractivity contribution in [1.29, 1.82) is 0 Å². The molecule has 1 unspecified atom stereocenters. The van der Waals surface area contributed by atoms with E-state index in [1.807, 2.05) is 24.3 Å². The van der Waals surface area contributed by atoms with E-state index < -0.39 is 6.04 Å². The Kier molecular flexibility index (Phi) is 3.01. The molecule has 0 aliphatic heterocycles.